The first-order chi connectivity index (χ1) is 7.66. The molecular weight excluding hydrogens is 202 g/mol. The second-order valence-electron chi connectivity index (χ2n) is 5.11. The van der Waals surface area contributed by atoms with E-state index < -0.39 is 0 Å². The predicted octanol–water partition coefficient (Wildman–Crippen LogP) is 0.553. The first-order valence-corrected chi connectivity index (χ1v) is 6.09. The second kappa shape index (κ2) is 4.70. The number of piperazine rings is 1. The zero-order valence-corrected chi connectivity index (χ0v) is 10.3. The molecule has 16 heavy (non-hydrogen) atoms. The SMILES string of the molecule is CN1CCN(C(C)(C#N)C2CCOC2)CC1. The monoisotopic (exact) mass is 223 g/mol. The van der Waals surface area contributed by atoms with Gasteiger partial charge in [-0.2, -0.15) is 5.26 Å². The summed E-state index contributed by atoms with van der Waals surface area (Å²) in [5.74, 6) is 0.376. The normalized spacial score (nSPS) is 32.2. The van der Waals surface area contributed by atoms with Gasteiger partial charge in [-0.3, -0.25) is 4.90 Å². The van der Waals surface area contributed by atoms with Crippen molar-refractivity contribution in [3.05, 3.63) is 0 Å². The number of nitrogens with zero attached hydrogens (tertiary/aromatic N) is 3. The highest BCUT2D eigenvalue weighted by Gasteiger charge is 2.42. The molecule has 2 saturated heterocycles. The maximum atomic E-state index is 9.50. The second-order valence-corrected chi connectivity index (χ2v) is 5.11. The molecule has 0 N–H and O–H groups in total. The average molecular weight is 223 g/mol. The molecule has 2 unspecified atom stereocenters. The van der Waals surface area contributed by atoms with Crippen LogP contribution in [0.15, 0.2) is 0 Å². The van der Waals surface area contributed by atoms with Crippen LogP contribution in [0, 0.1) is 17.2 Å². The number of hydrogen-bond acceptors (Lipinski definition) is 4. The summed E-state index contributed by atoms with van der Waals surface area (Å²) in [6.07, 6.45) is 1.02. The van der Waals surface area contributed by atoms with Gasteiger partial charge >= 0.3 is 0 Å². The van der Waals surface area contributed by atoms with E-state index in [1.807, 2.05) is 0 Å². The van der Waals surface area contributed by atoms with Crippen molar-refractivity contribution < 1.29 is 4.74 Å². The van der Waals surface area contributed by atoms with Gasteiger partial charge in [0.25, 0.3) is 0 Å². The lowest BCUT2D eigenvalue weighted by Crippen LogP contribution is -2.57. The maximum Gasteiger partial charge on any atom is 0.111 e. The van der Waals surface area contributed by atoms with Crippen LogP contribution in [0.25, 0.3) is 0 Å². The van der Waals surface area contributed by atoms with E-state index in [4.69, 9.17) is 4.74 Å². The molecule has 0 spiro atoms. The van der Waals surface area contributed by atoms with Gasteiger partial charge in [0.1, 0.15) is 5.54 Å². The summed E-state index contributed by atoms with van der Waals surface area (Å²) in [4.78, 5) is 4.66. The lowest BCUT2D eigenvalue weighted by Gasteiger charge is -2.43. The van der Waals surface area contributed by atoms with Crippen LogP contribution in [-0.2, 0) is 4.74 Å². The Morgan fingerprint density at radius 1 is 1.31 bits per heavy atom. The Morgan fingerprint density at radius 3 is 2.50 bits per heavy atom. The Labute approximate surface area is 97.8 Å². The van der Waals surface area contributed by atoms with Crippen molar-refractivity contribution in [2.45, 2.75) is 18.9 Å². The smallest absolute Gasteiger partial charge is 0.111 e. The summed E-state index contributed by atoms with van der Waals surface area (Å²) in [5.41, 5.74) is -0.336. The molecule has 0 aromatic carbocycles. The van der Waals surface area contributed by atoms with Crippen molar-refractivity contribution in [1.29, 1.82) is 5.26 Å². The number of hydrogen-bond donors (Lipinski definition) is 0. The quantitative estimate of drug-likeness (QED) is 0.685. The molecule has 0 aromatic heterocycles. The molecular formula is C12H21N3O. The lowest BCUT2D eigenvalue weighted by molar-refractivity contribution is 0.0418. The van der Waals surface area contributed by atoms with Crippen LogP contribution in [0.2, 0.25) is 0 Å². The molecule has 0 saturated carbocycles. The third-order valence-corrected chi connectivity index (χ3v) is 4.11. The van der Waals surface area contributed by atoms with Crippen molar-refractivity contribution in [2.75, 3.05) is 46.4 Å². The third kappa shape index (κ3) is 2.08. The molecule has 0 bridgehead atoms. The van der Waals surface area contributed by atoms with Crippen molar-refractivity contribution >= 4 is 0 Å². The van der Waals surface area contributed by atoms with Crippen LogP contribution in [0.3, 0.4) is 0 Å². The Kier molecular flexibility index (Phi) is 3.48. The minimum Gasteiger partial charge on any atom is -0.381 e. The third-order valence-electron chi connectivity index (χ3n) is 4.11. The molecule has 2 aliphatic rings. The van der Waals surface area contributed by atoms with E-state index in [9.17, 15) is 5.26 Å². The zero-order chi connectivity index (χ0) is 11.6. The van der Waals surface area contributed by atoms with Crippen molar-refractivity contribution in [3.63, 3.8) is 0 Å². The van der Waals surface area contributed by atoms with Crippen LogP contribution in [0.1, 0.15) is 13.3 Å². The van der Waals surface area contributed by atoms with Crippen LogP contribution < -0.4 is 0 Å². The molecule has 0 amide bonds. The fraction of sp³-hybridized carbons (Fsp3) is 0.917. The molecule has 2 rings (SSSR count). The van der Waals surface area contributed by atoms with Gasteiger partial charge in [-0.05, 0) is 20.4 Å². The summed E-state index contributed by atoms with van der Waals surface area (Å²) < 4.78 is 5.43. The fourth-order valence-electron chi connectivity index (χ4n) is 2.67. The van der Waals surface area contributed by atoms with Gasteiger partial charge in [0.15, 0.2) is 0 Å². The zero-order valence-electron chi connectivity index (χ0n) is 10.3. The molecule has 0 aliphatic carbocycles. The van der Waals surface area contributed by atoms with Gasteiger partial charge in [-0.1, -0.05) is 0 Å². The number of likely N-dealkylation sites (N-methyl/N-ethyl adjacent to an activating group) is 1. The highest BCUT2D eigenvalue weighted by molar-refractivity contribution is 5.10. The minimum absolute atomic E-state index is 0.336. The summed E-state index contributed by atoms with van der Waals surface area (Å²) in [6, 6.07) is 2.53. The molecule has 90 valence electrons. The van der Waals surface area contributed by atoms with Gasteiger partial charge < -0.3 is 9.64 Å². The summed E-state index contributed by atoms with van der Waals surface area (Å²) >= 11 is 0. The number of nitriles is 1. The van der Waals surface area contributed by atoms with E-state index in [0.717, 1.165) is 45.8 Å². The molecule has 2 atom stereocenters. The minimum atomic E-state index is -0.336. The van der Waals surface area contributed by atoms with Gasteiger partial charge in [0.2, 0.25) is 0 Å². The Morgan fingerprint density at radius 2 is 2.00 bits per heavy atom. The van der Waals surface area contributed by atoms with Crippen LogP contribution in [0.4, 0.5) is 0 Å². The summed E-state index contributed by atoms with van der Waals surface area (Å²) in [6.45, 7) is 7.76. The molecule has 2 aliphatic heterocycles. The van der Waals surface area contributed by atoms with E-state index in [1.165, 1.54) is 0 Å². The molecule has 0 radical (unpaired) electrons. The first-order valence-electron chi connectivity index (χ1n) is 6.09. The lowest BCUT2D eigenvalue weighted by atomic mass is 9.84. The van der Waals surface area contributed by atoms with Crippen molar-refractivity contribution in [2.24, 2.45) is 5.92 Å². The number of rotatable bonds is 2. The van der Waals surface area contributed by atoms with Crippen LogP contribution >= 0.6 is 0 Å². The first kappa shape index (κ1) is 11.8. The van der Waals surface area contributed by atoms with E-state index in [1.54, 1.807) is 0 Å². The van der Waals surface area contributed by atoms with Crippen molar-refractivity contribution in [1.82, 2.24) is 9.80 Å². The molecule has 2 heterocycles. The molecule has 2 fully saturated rings. The van der Waals surface area contributed by atoms with E-state index in [2.05, 4.69) is 29.8 Å². The standard InChI is InChI=1S/C12H21N3O/c1-12(10-13,11-3-8-16-9-11)15-6-4-14(2)5-7-15/h11H,3-9H2,1-2H3. The largest absolute Gasteiger partial charge is 0.381 e. The van der Waals surface area contributed by atoms with Crippen LogP contribution in [-0.4, -0.2) is 61.8 Å². The van der Waals surface area contributed by atoms with Crippen molar-refractivity contribution in [3.8, 4) is 6.07 Å². The molecule has 4 heteroatoms. The maximum absolute atomic E-state index is 9.50. The van der Waals surface area contributed by atoms with Crippen LogP contribution in [0.5, 0.6) is 0 Å². The Hall–Kier alpha value is -0.630. The molecule has 0 aromatic rings. The highest BCUT2D eigenvalue weighted by atomic mass is 16.5. The predicted molar refractivity (Wildman–Crippen MR) is 62.0 cm³/mol. The summed E-state index contributed by atoms with van der Waals surface area (Å²) in [7, 11) is 2.14. The van der Waals surface area contributed by atoms with Gasteiger partial charge in [0, 0.05) is 38.7 Å². The van der Waals surface area contributed by atoms with E-state index in [-0.39, 0.29) is 5.54 Å². The highest BCUT2D eigenvalue weighted by Crippen LogP contribution is 2.31. The average Bonchev–Trinajstić information content (AvgIpc) is 2.83. The van der Waals surface area contributed by atoms with E-state index >= 15 is 0 Å². The van der Waals surface area contributed by atoms with Gasteiger partial charge in [0.05, 0.1) is 12.7 Å². The molecule has 4 nitrogen and oxygen atoms in total. The Bertz CT molecular complexity index is 274. The fourth-order valence-corrected chi connectivity index (χ4v) is 2.67. The Balaban J connectivity index is 2.05. The number of ether oxygens (including phenoxy) is 1. The topological polar surface area (TPSA) is 39.5 Å². The van der Waals surface area contributed by atoms with Gasteiger partial charge in [-0.15, -0.1) is 0 Å². The van der Waals surface area contributed by atoms with E-state index in [0.29, 0.717) is 5.92 Å². The van der Waals surface area contributed by atoms with Gasteiger partial charge in [-0.25, -0.2) is 0 Å². The summed E-state index contributed by atoms with van der Waals surface area (Å²) in [5, 5.41) is 9.50.